The first-order valence-corrected chi connectivity index (χ1v) is 10.0. The maximum Gasteiger partial charge on any atom is 0.269 e. The van der Waals surface area contributed by atoms with Crippen LogP contribution >= 0.6 is 0 Å². The van der Waals surface area contributed by atoms with E-state index in [1.54, 1.807) is 24.3 Å². The lowest BCUT2D eigenvalue weighted by Gasteiger charge is -2.37. The SMILES string of the molecule is Cc1ccccc1C(=O)NNc1ncnc(N2CCN(c3ccccc3F)CC2)c1N. The van der Waals surface area contributed by atoms with Crippen LogP contribution in [0.4, 0.5) is 27.4 Å². The minimum absolute atomic E-state index is 0.228. The number of amides is 1. The normalized spacial score (nSPS) is 13.7. The molecule has 1 aliphatic rings. The van der Waals surface area contributed by atoms with Crippen molar-refractivity contribution in [2.75, 3.05) is 47.1 Å². The zero-order chi connectivity index (χ0) is 21.8. The van der Waals surface area contributed by atoms with Crippen molar-refractivity contribution in [3.05, 3.63) is 71.8 Å². The first-order chi connectivity index (χ1) is 15.0. The van der Waals surface area contributed by atoms with Gasteiger partial charge in [-0.1, -0.05) is 30.3 Å². The van der Waals surface area contributed by atoms with Gasteiger partial charge in [0, 0.05) is 31.7 Å². The van der Waals surface area contributed by atoms with E-state index in [2.05, 4.69) is 20.8 Å². The molecule has 2 aromatic carbocycles. The highest BCUT2D eigenvalue weighted by Gasteiger charge is 2.23. The molecule has 1 amide bonds. The number of hydrazine groups is 1. The van der Waals surface area contributed by atoms with Gasteiger partial charge in [-0.3, -0.25) is 15.6 Å². The molecular formula is C22H24FN7O. The molecule has 0 spiro atoms. The van der Waals surface area contributed by atoms with Crippen LogP contribution in [0.25, 0.3) is 0 Å². The number of benzene rings is 2. The summed E-state index contributed by atoms with van der Waals surface area (Å²) >= 11 is 0. The molecule has 3 aromatic rings. The van der Waals surface area contributed by atoms with Crippen molar-refractivity contribution >= 4 is 28.9 Å². The first-order valence-electron chi connectivity index (χ1n) is 10.0. The van der Waals surface area contributed by atoms with Gasteiger partial charge in [-0.2, -0.15) is 0 Å². The summed E-state index contributed by atoms with van der Waals surface area (Å²) in [5.74, 6) is 0.392. The van der Waals surface area contributed by atoms with Crippen LogP contribution in [-0.4, -0.2) is 42.1 Å². The predicted octanol–water partition coefficient (Wildman–Crippen LogP) is 2.59. The van der Waals surface area contributed by atoms with Crippen LogP contribution in [0.15, 0.2) is 54.9 Å². The van der Waals surface area contributed by atoms with Gasteiger partial charge in [-0.05, 0) is 30.7 Å². The molecule has 4 rings (SSSR count). The lowest BCUT2D eigenvalue weighted by molar-refractivity contribution is 0.0962. The van der Waals surface area contributed by atoms with Gasteiger partial charge in [-0.25, -0.2) is 14.4 Å². The minimum atomic E-state index is -0.281. The highest BCUT2D eigenvalue weighted by Crippen LogP contribution is 2.28. The number of nitrogens with two attached hydrogens (primary N) is 1. The molecule has 4 N–H and O–H groups in total. The molecule has 31 heavy (non-hydrogen) atoms. The molecule has 8 nitrogen and oxygen atoms in total. The molecule has 0 atom stereocenters. The molecule has 1 fully saturated rings. The van der Waals surface area contributed by atoms with Crippen LogP contribution in [0.5, 0.6) is 0 Å². The van der Waals surface area contributed by atoms with E-state index in [4.69, 9.17) is 5.73 Å². The number of anilines is 4. The van der Waals surface area contributed by atoms with E-state index in [1.807, 2.05) is 34.9 Å². The van der Waals surface area contributed by atoms with E-state index in [1.165, 1.54) is 12.4 Å². The van der Waals surface area contributed by atoms with Crippen molar-refractivity contribution < 1.29 is 9.18 Å². The van der Waals surface area contributed by atoms with Crippen LogP contribution in [0.3, 0.4) is 0 Å². The Morgan fingerprint density at radius 1 is 1.00 bits per heavy atom. The van der Waals surface area contributed by atoms with E-state index in [0.717, 1.165) is 5.56 Å². The van der Waals surface area contributed by atoms with Gasteiger partial charge < -0.3 is 15.5 Å². The number of aromatic nitrogens is 2. The Balaban J connectivity index is 1.42. The minimum Gasteiger partial charge on any atom is -0.393 e. The molecule has 0 radical (unpaired) electrons. The van der Waals surface area contributed by atoms with Crippen LogP contribution < -0.4 is 26.4 Å². The molecule has 1 aromatic heterocycles. The second kappa shape index (κ2) is 8.86. The fourth-order valence-corrected chi connectivity index (χ4v) is 3.62. The second-order valence-corrected chi connectivity index (χ2v) is 7.28. The fourth-order valence-electron chi connectivity index (χ4n) is 3.62. The Kier molecular flexibility index (Phi) is 5.83. The lowest BCUT2D eigenvalue weighted by Crippen LogP contribution is -2.47. The van der Waals surface area contributed by atoms with Gasteiger partial charge in [0.2, 0.25) is 0 Å². The number of aryl methyl sites for hydroxylation is 1. The van der Waals surface area contributed by atoms with Crippen molar-refractivity contribution in [1.82, 2.24) is 15.4 Å². The number of carbonyl (C=O) groups excluding carboxylic acids is 1. The number of hydrogen-bond acceptors (Lipinski definition) is 7. The third-order valence-electron chi connectivity index (χ3n) is 5.32. The number of hydrogen-bond donors (Lipinski definition) is 3. The summed E-state index contributed by atoms with van der Waals surface area (Å²) in [6.45, 7) is 4.40. The summed E-state index contributed by atoms with van der Waals surface area (Å²) in [5.41, 5.74) is 14.1. The van der Waals surface area contributed by atoms with Gasteiger partial charge in [0.05, 0.1) is 5.69 Å². The van der Waals surface area contributed by atoms with Crippen molar-refractivity contribution in [2.45, 2.75) is 6.92 Å². The average molecular weight is 421 g/mol. The second-order valence-electron chi connectivity index (χ2n) is 7.28. The number of nitrogen functional groups attached to an aromatic ring is 1. The van der Waals surface area contributed by atoms with Crippen molar-refractivity contribution in [1.29, 1.82) is 0 Å². The summed E-state index contributed by atoms with van der Waals surface area (Å²) in [6.07, 6.45) is 1.40. The monoisotopic (exact) mass is 421 g/mol. The maximum atomic E-state index is 14.1. The zero-order valence-electron chi connectivity index (χ0n) is 17.2. The van der Waals surface area contributed by atoms with E-state index in [9.17, 15) is 9.18 Å². The molecule has 1 aliphatic heterocycles. The quantitative estimate of drug-likeness (QED) is 0.545. The molecule has 0 saturated carbocycles. The van der Waals surface area contributed by atoms with Crippen molar-refractivity contribution in [3.8, 4) is 0 Å². The van der Waals surface area contributed by atoms with Crippen LogP contribution in [0.1, 0.15) is 15.9 Å². The molecule has 0 bridgehead atoms. The number of rotatable bonds is 5. The fraction of sp³-hybridized carbons (Fsp3) is 0.227. The van der Waals surface area contributed by atoms with Crippen LogP contribution in [0, 0.1) is 12.7 Å². The number of halogens is 1. The zero-order valence-corrected chi connectivity index (χ0v) is 17.2. The molecule has 2 heterocycles. The molecule has 0 aliphatic carbocycles. The largest absolute Gasteiger partial charge is 0.393 e. The summed E-state index contributed by atoms with van der Waals surface area (Å²) in [7, 11) is 0. The summed E-state index contributed by atoms with van der Waals surface area (Å²) in [4.78, 5) is 24.9. The van der Waals surface area contributed by atoms with E-state index < -0.39 is 0 Å². The number of para-hydroxylation sites is 1. The van der Waals surface area contributed by atoms with E-state index in [0.29, 0.717) is 54.8 Å². The Bertz CT molecular complexity index is 1080. The number of piperazine rings is 1. The van der Waals surface area contributed by atoms with Gasteiger partial charge >= 0.3 is 0 Å². The summed E-state index contributed by atoms with van der Waals surface area (Å²) < 4.78 is 14.1. The molecular weight excluding hydrogens is 397 g/mol. The van der Waals surface area contributed by atoms with E-state index in [-0.39, 0.29) is 11.7 Å². The van der Waals surface area contributed by atoms with Crippen LogP contribution in [-0.2, 0) is 0 Å². The van der Waals surface area contributed by atoms with Crippen molar-refractivity contribution in [2.24, 2.45) is 0 Å². The maximum absolute atomic E-state index is 14.1. The Morgan fingerprint density at radius 2 is 1.68 bits per heavy atom. The third kappa shape index (κ3) is 4.35. The number of nitrogens with one attached hydrogen (secondary N) is 2. The average Bonchev–Trinajstić information content (AvgIpc) is 2.79. The first kappa shape index (κ1) is 20.4. The van der Waals surface area contributed by atoms with Crippen LogP contribution in [0.2, 0.25) is 0 Å². The Morgan fingerprint density at radius 3 is 2.42 bits per heavy atom. The summed E-state index contributed by atoms with van der Waals surface area (Å²) in [5, 5.41) is 0. The van der Waals surface area contributed by atoms with E-state index >= 15 is 0 Å². The highest BCUT2D eigenvalue weighted by molar-refractivity contribution is 5.96. The lowest BCUT2D eigenvalue weighted by atomic mass is 10.1. The van der Waals surface area contributed by atoms with Gasteiger partial charge in [0.25, 0.3) is 5.91 Å². The Hall–Kier alpha value is -3.88. The molecule has 1 saturated heterocycles. The number of nitrogens with zero attached hydrogens (tertiary/aromatic N) is 4. The highest BCUT2D eigenvalue weighted by atomic mass is 19.1. The van der Waals surface area contributed by atoms with Crippen molar-refractivity contribution in [3.63, 3.8) is 0 Å². The topological polar surface area (TPSA) is 99.4 Å². The third-order valence-corrected chi connectivity index (χ3v) is 5.32. The Labute approximate surface area is 179 Å². The van der Waals surface area contributed by atoms with Gasteiger partial charge in [0.15, 0.2) is 11.6 Å². The smallest absolute Gasteiger partial charge is 0.269 e. The molecule has 160 valence electrons. The standard InChI is InChI=1S/C22H24FN7O/c1-15-6-2-3-7-16(15)22(31)28-27-20-19(24)21(26-14-25-20)30-12-10-29(11-13-30)18-9-5-4-8-17(18)23/h2-9,14H,10-13,24H2,1H3,(H,28,31)(H,25,26,27). The molecule has 0 unspecified atom stereocenters. The van der Waals surface area contributed by atoms with Gasteiger partial charge in [-0.15, -0.1) is 0 Å². The summed E-state index contributed by atoms with van der Waals surface area (Å²) in [6, 6.07) is 14.1. The predicted molar refractivity (Wildman–Crippen MR) is 120 cm³/mol. The number of carbonyl (C=O) groups is 1. The van der Waals surface area contributed by atoms with Gasteiger partial charge in [0.1, 0.15) is 17.8 Å². The molecule has 9 heteroatoms.